The Labute approximate surface area is 83.4 Å². The third kappa shape index (κ3) is 2.10. The van der Waals surface area contributed by atoms with Crippen LogP contribution >= 0.6 is 0 Å². The van der Waals surface area contributed by atoms with Gasteiger partial charge in [0.25, 0.3) is 0 Å². The largest absolute Gasteiger partial charge is 0.295 e. The van der Waals surface area contributed by atoms with E-state index in [1.165, 1.54) is 0 Å². The number of hydrogen-bond donors (Lipinski definition) is 0. The van der Waals surface area contributed by atoms with Crippen molar-refractivity contribution in [2.75, 3.05) is 0 Å². The summed E-state index contributed by atoms with van der Waals surface area (Å²) in [5, 5.41) is 4.26. The second-order valence-corrected chi connectivity index (χ2v) is 3.61. The Kier molecular flexibility index (Phi) is 2.48. The topological polar surface area (TPSA) is 34.9 Å². The van der Waals surface area contributed by atoms with Crippen LogP contribution < -0.4 is 0 Å². The Morgan fingerprint density at radius 1 is 1.71 bits per heavy atom. The molecule has 1 aliphatic rings. The van der Waals surface area contributed by atoms with E-state index >= 15 is 0 Å². The molecular formula is C11H14N2O. The third-order valence-electron chi connectivity index (χ3n) is 2.38. The smallest absolute Gasteiger partial charge is 0.158 e. The van der Waals surface area contributed by atoms with E-state index in [0.29, 0.717) is 5.92 Å². The van der Waals surface area contributed by atoms with E-state index < -0.39 is 0 Å². The van der Waals surface area contributed by atoms with E-state index in [4.69, 9.17) is 0 Å². The van der Waals surface area contributed by atoms with Gasteiger partial charge in [-0.1, -0.05) is 0 Å². The minimum atomic E-state index is 0.246. The van der Waals surface area contributed by atoms with Crippen LogP contribution in [0.2, 0.25) is 0 Å². The predicted octanol–water partition coefficient (Wildman–Crippen LogP) is 1.90. The normalized spacial score (nSPS) is 16.4. The lowest BCUT2D eigenvalue weighted by atomic mass is 10.2. The van der Waals surface area contributed by atoms with Crippen molar-refractivity contribution in [1.29, 1.82) is 0 Å². The molecule has 0 spiro atoms. The summed E-state index contributed by atoms with van der Waals surface area (Å²) < 4.78 is 1.85. The summed E-state index contributed by atoms with van der Waals surface area (Å²) in [5.74, 6) is 0.551. The second-order valence-electron chi connectivity index (χ2n) is 3.61. The fourth-order valence-corrected chi connectivity index (χ4v) is 1.31. The Morgan fingerprint density at radius 2 is 2.50 bits per heavy atom. The summed E-state index contributed by atoms with van der Waals surface area (Å²) in [6.07, 6.45) is 7.49. The zero-order valence-electron chi connectivity index (χ0n) is 8.31. The van der Waals surface area contributed by atoms with Crippen molar-refractivity contribution in [3.05, 3.63) is 24.0 Å². The molecule has 0 N–H and O–H groups in total. The molecule has 0 bridgehead atoms. The van der Waals surface area contributed by atoms with Crippen molar-refractivity contribution in [3.8, 4) is 0 Å². The summed E-state index contributed by atoms with van der Waals surface area (Å²) in [4.78, 5) is 11.3. The number of hydrogen-bond acceptors (Lipinski definition) is 2. The van der Waals surface area contributed by atoms with Crippen molar-refractivity contribution in [2.45, 2.75) is 26.3 Å². The highest BCUT2D eigenvalue weighted by Crippen LogP contribution is 2.30. The van der Waals surface area contributed by atoms with E-state index in [-0.39, 0.29) is 5.78 Å². The fraction of sp³-hybridized carbons (Fsp3) is 0.455. The zero-order chi connectivity index (χ0) is 9.97. The van der Waals surface area contributed by atoms with Gasteiger partial charge in [-0.15, -0.1) is 0 Å². The Morgan fingerprint density at radius 3 is 3.07 bits per heavy atom. The van der Waals surface area contributed by atoms with Gasteiger partial charge in [-0.05, 0) is 38.0 Å². The molecule has 1 aromatic rings. The standard InChI is InChI=1S/C11H14N2O/c1-2-13-8-7-10(12-13)5-6-11(14)9-3-4-9/h5-9H,2-4H2,1H3/b6-5+. The second kappa shape index (κ2) is 3.78. The molecule has 0 amide bonds. The van der Waals surface area contributed by atoms with Crippen LogP contribution in [-0.2, 0) is 11.3 Å². The summed E-state index contributed by atoms with van der Waals surface area (Å²) >= 11 is 0. The highest BCUT2D eigenvalue weighted by molar-refractivity contribution is 5.96. The first-order valence-corrected chi connectivity index (χ1v) is 5.05. The summed E-state index contributed by atoms with van der Waals surface area (Å²) in [7, 11) is 0. The van der Waals surface area contributed by atoms with Crippen LogP contribution in [0.5, 0.6) is 0 Å². The monoisotopic (exact) mass is 190 g/mol. The molecule has 0 unspecified atom stereocenters. The van der Waals surface area contributed by atoms with Crippen molar-refractivity contribution < 1.29 is 4.79 Å². The molecule has 0 aliphatic heterocycles. The van der Waals surface area contributed by atoms with Gasteiger partial charge in [0, 0.05) is 18.7 Å². The maximum Gasteiger partial charge on any atom is 0.158 e. The predicted molar refractivity (Wildman–Crippen MR) is 54.7 cm³/mol. The van der Waals surface area contributed by atoms with Gasteiger partial charge in [0.2, 0.25) is 0 Å². The molecule has 0 saturated heterocycles. The molecule has 1 aromatic heterocycles. The SMILES string of the molecule is CCn1ccc(/C=C/C(=O)C2CC2)n1. The van der Waals surface area contributed by atoms with Crippen LogP contribution in [0.15, 0.2) is 18.3 Å². The molecule has 1 aliphatic carbocycles. The van der Waals surface area contributed by atoms with Crippen molar-refractivity contribution in [2.24, 2.45) is 5.92 Å². The highest BCUT2D eigenvalue weighted by Gasteiger charge is 2.27. The Balaban J connectivity index is 1.98. The van der Waals surface area contributed by atoms with Gasteiger partial charge in [0.1, 0.15) is 0 Å². The quantitative estimate of drug-likeness (QED) is 0.679. The molecule has 0 atom stereocenters. The molecule has 1 fully saturated rings. The first-order chi connectivity index (χ1) is 6.79. The van der Waals surface area contributed by atoms with Gasteiger partial charge in [-0.3, -0.25) is 9.48 Å². The Hall–Kier alpha value is -1.38. The Bertz CT molecular complexity index is 361. The lowest BCUT2D eigenvalue weighted by molar-refractivity contribution is -0.115. The van der Waals surface area contributed by atoms with Crippen molar-refractivity contribution in [3.63, 3.8) is 0 Å². The molecule has 74 valence electrons. The zero-order valence-corrected chi connectivity index (χ0v) is 8.31. The number of ketones is 1. The van der Waals surface area contributed by atoms with Crippen LogP contribution in [0, 0.1) is 5.92 Å². The van der Waals surface area contributed by atoms with Gasteiger partial charge in [0.05, 0.1) is 5.69 Å². The molecule has 0 radical (unpaired) electrons. The first kappa shape index (κ1) is 9.19. The minimum Gasteiger partial charge on any atom is -0.295 e. The van der Waals surface area contributed by atoms with Gasteiger partial charge in [0.15, 0.2) is 5.78 Å². The van der Waals surface area contributed by atoms with E-state index in [0.717, 1.165) is 25.1 Å². The first-order valence-electron chi connectivity index (χ1n) is 5.05. The van der Waals surface area contributed by atoms with Crippen molar-refractivity contribution in [1.82, 2.24) is 9.78 Å². The summed E-state index contributed by atoms with van der Waals surface area (Å²) in [6, 6.07) is 1.92. The minimum absolute atomic E-state index is 0.246. The third-order valence-corrected chi connectivity index (χ3v) is 2.38. The summed E-state index contributed by atoms with van der Waals surface area (Å²) in [6.45, 7) is 2.90. The van der Waals surface area contributed by atoms with Crippen LogP contribution in [0.25, 0.3) is 6.08 Å². The number of aromatic nitrogens is 2. The average Bonchev–Trinajstić information content (AvgIpc) is 2.94. The maximum absolute atomic E-state index is 11.3. The molecule has 0 aromatic carbocycles. The molecule has 3 heteroatoms. The number of carbonyl (C=O) groups excluding carboxylic acids is 1. The number of rotatable bonds is 4. The lowest BCUT2D eigenvalue weighted by Gasteiger charge is -1.90. The van der Waals surface area contributed by atoms with Gasteiger partial charge >= 0.3 is 0 Å². The van der Waals surface area contributed by atoms with E-state index in [1.54, 1.807) is 12.2 Å². The van der Waals surface area contributed by atoms with Crippen LogP contribution in [-0.4, -0.2) is 15.6 Å². The van der Waals surface area contributed by atoms with Gasteiger partial charge in [-0.25, -0.2) is 0 Å². The average molecular weight is 190 g/mol. The van der Waals surface area contributed by atoms with E-state index in [2.05, 4.69) is 5.10 Å². The molecule has 3 nitrogen and oxygen atoms in total. The van der Waals surface area contributed by atoms with Crippen LogP contribution in [0.4, 0.5) is 0 Å². The molecule has 1 heterocycles. The van der Waals surface area contributed by atoms with Gasteiger partial charge in [-0.2, -0.15) is 5.10 Å². The molecular weight excluding hydrogens is 176 g/mol. The molecule has 1 saturated carbocycles. The van der Waals surface area contributed by atoms with Gasteiger partial charge < -0.3 is 0 Å². The summed E-state index contributed by atoms with van der Waals surface area (Å²) in [5.41, 5.74) is 0.862. The number of aryl methyl sites for hydroxylation is 1. The fourth-order valence-electron chi connectivity index (χ4n) is 1.31. The lowest BCUT2D eigenvalue weighted by Crippen LogP contribution is -1.95. The van der Waals surface area contributed by atoms with Crippen LogP contribution in [0.1, 0.15) is 25.5 Å². The van der Waals surface area contributed by atoms with E-state index in [9.17, 15) is 4.79 Å². The molecule has 14 heavy (non-hydrogen) atoms. The highest BCUT2D eigenvalue weighted by atomic mass is 16.1. The van der Waals surface area contributed by atoms with E-state index in [1.807, 2.05) is 23.9 Å². The number of allylic oxidation sites excluding steroid dienone is 1. The number of carbonyl (C=O) groups is 1. The molecule has 2 rings (SSSR count). The van der Waals surface area contributed by atoms with Crippen molar-refractivity contribution >= 4 is 11.9 Å². The van der Waals surface area contributed by atoms with Crippen LogP contribution in [0.3, 0.4) is 0 Å². The maximum atomic E-state index is 11.3. The number of nitrogens with zero attached hydrogens (tertiary/aromatic N) is 2.